The molecular weight excluding hydrogens is 423 g/mol. The molecule has 0 nitrogen and oxygen atoms in total. The SMILES string of the molecule is BrC=CCCCCCC[P+](c1ccccc1)(c1ccccc1)c1ccccc1. The molecule has 3 aromatic carbocycles. The van der Waals surface area contributed by atoms with Crippen molar-refractivity contribution in [1.29, 1.82) is 0 Å². The van der Waals surface area contributed by atoms with Gasteiger partial charge in [0.05, 0.1) is 6.16 Å². The maximum atomic E-state index is 3.36. The molecule has 3 rings (SSSR count). The third kappa shape index (κ3) is 5.22. The highest BCUT2D eigenvalue weighted by molar-refractivity contribution is 9.11. The summed E-state index contributed by atoms with van der Waals surface area (Å²) in [6.45, 7) is 0. The van der Waals surface area contributed by atoms with Crippen LogP contribution in [0.1, 0.15) is 32.1 Å². The van der Waals surface area contributed by atoms with Gasteiger partial charge in [0, 0.05) is 0 Å². The zero-order valence-corrected chi connectivity index (χ0v) is 18.9. The Hall–Kier alpha value is -1.69. The quantitative estimate of drug-likeness (QED) is 0.233. The summed E-state index contributed by atoms with van der Waals surface area (Å²) in [5.74, 6) is 0. The average molecular weight is 452 g/mol. The summed E-state index contributed by atoms with van der Waals surface area (Å²) in [5, 5.41) is 4.49. The molecular formula is C26H29BrP+. The first-order chi connectivity index (χ1) is 13.9. The van der Waals surface area contributed by atoms with E-state index in [-0.39, 0.29) is 0 Å². The van der Waals surface area contributed by atoms with E-state index in [0.717, 1.165) is 0 Å². The summed E-state index contributed by atoms with van der Waals surface area (Å²) in [7, 11) is -1.64. The van der Waals surface area contributed by atoms with E-state index in [0.29, 0.717) is 0 Å². The van der Waals surface area contributed by atoms with Gasteiger partial charge in [-0.15, -0.1) is 0 Å². The number of hydrogen-bond acceptors (Lipinski definition) is 0. The van der Waals surface area contributed by atoms with E-state index in [2.05, 4.69) is 113 Å². The molecule has 0 bridgehead atoms. The highest BCUT2D eigenvalue weighted by Gasteiger charge is 2.44. The van der Waals surface area contributed by atoms with E-state index in [1.54, 1.807) is 0 Å². The Morgan fingerprint density at radius 2 is 1.00 bits per heavy atom. The van der Waals surface area contributed by atoms with Crippen molar-refractivity contribution in [2.75, 3.05) is 6.16 Å². The van der Waals surface area contributed by atoms with Gasteiger partial charge in [-0.1, -0.05) is 83.0 Å². The van der Waals surface area contributed by atoms with Gasteiger partial charge in [0.1, 0.15) is 23.2 Å². The number of rotatable bonds is 10. The summed E-state index contributed by atoms with van der Waals surface area (Å²) < 4.78 is 0. The molecule has 0 aliphatic rings. The van der Waals surface area contributed by atoms with Crippen molar-refractivity contribution in [3.63, 3.8) is 0 Å². The van der Waals surface area contributed by atoms with E-state index >= 15 is 0 Å². The molecule has 0 N–H and O–H groups in total. The van der Waals surface area contributed by atoms with Gasteiger partial charge in [0.2, 0.25) is 0 Å². The second kappa shape index (κ2) is 11.3. The van der Waals surface area contributed by atoms with E-state index in [9.17, 15) is 0 Å². The number of benzene rings is 3. The molecule has 0 aromatic heterocycles. The van der Waals surface area contributed by atoms with Crippen LogP contribution in [0.15, 0.2) is 102 Å². The molecule has 28 heavy (non-hydrogen) atoms. The van der Waals surface area contributed by atoms with Crippen LogP contribution in [0.25, 0.3) is 0 Å². The molecule has 3 aromatic rings. The van der Waals surface area contributed by atoms with Crippen LogP contribution in [-0.2, 0) is 0 Å². The summed E-state index contributed by atoms with van der Waals surface area (Å²) in [6.07, 6.45) is 9.75. The Labute approximate surface area is 179 Å². The lowest BCUT2D eigenvalue weighted by Gasteiger charge is -2.27. The van der Waals surface area contributed by atoms with E-state index in [1.165, 1.54) is 54.2 Å². The van der Waals surface area contributed by atoms with E-state index in [1.807, 2.05) is 4.99 Å². The lowest BCUT2D eigenvalue weighted by molar-refractivity contribution is 0.677. The molecule has 0 saturated carbocycles. The lowest BCUT2D eigenvalue weighted by atomic mass is 10.1. The van der Waals surface area contributed by atoms with Crippen LogP contribution in [0.3, 0.4) is 0 Å². The molecule has 2 heteroatoms. The number of hydrogen-bond donors (Lipinski definition) is 0. The van der Waals surface area contributed by atoms with Crippen molar-refractivity contribution in [3.8, 4) is 0 Å². The topological polar surface area (TPSA) is 0 Å². The van der Waals surface area contributed by atoms with Crippen molar-refractivity contribution in [2.24, 2.45) is 0 Å². The average Bonchev–Trinajstić information content (AvgIpc) is 2.78. The number of allylic oxidation sites excluding steroid dienone is 1. The molecule has 144 valence electrons. The largest absolute Gasteiger partial charge is 0.112 e. The Kier molecular flexibility index (Phi) is 8.52. The minimum absolute atomic E-state index is 1.17. The number of halogens is 1. The Morgan fingerprint density at radius 3 is 1.43 bits per heavy atom. The van der Waals surface area contributed by atoms with Crippen LogP contribution < -0.4 is 15.9 Å². The Bertz CT molecular complexity index is 731. The van der Waals surface area contributed by atoms with Gasteiger partial charge in [-0.3, -0.25) is 0 Å². The van der Waals surface area contributed by atoms with E-state index in [4.69, 9.17) is 0 Å². The van der Waals surface area contributed by atoms with Gasteiger partial charge in [-0.2, -0.15) is 0 Å². The van der Waals surface area contributed by atoms with Crippen LogP contribution in [0.4, 0.5) is 0 Å². The molecule has 0 heterocycles. The monoisotopic (exact) mass is 451 g/mol. The fourth-order valence-electron chi connectivity index (χ4n) is 3.91. The predicted octanol–water partition coefficient (Wildman–Crippen LogP) is 6.84. The van der Waals surface area contributed by atoms with Gasteiger partial charge in [0.15, 0.2) is 0 Å². The van der Waals surface area contributed by atoms with Crippen LogP contribution in [0.2, 0.25) is 0 Å². The fraction of sp³-hybridized carbons (Fsp3) is 0.231. The van der Waals surface area contributed by atoms with E-state index < -0.39 is 7.26 Å². The summed E-state index contributed by atoms with van der Waals surface area (Å²) in [4.78, 5) is 1.98. The smallest absolute Gasteiger partial charge is 0.0776 e. The van der Waals surface area contributed by atoms with Crippen LogP contribution in [0.5, 0.6) is 0 Å². The Balaban J connectivity index is 1.93. The van der Waals surface area contributed by atoms with Crippen LogP contribution >= 0.6 is 23.2 Å². The highest BCUT2D eigenvalue weighted by Crippen LogP contribution is 2.55. The second-order valence-electron chi connectivity index (χ2n) is 7.10. The lowest BCUT2D eigenvalue weighted by Crippen LogP contribution is -2.33. The molecule has 0 atom stereocenters. The molecule has 0 saturated heterocycles. The molecule has 0 spiro atoms. The van der Waals surface area contributed by atoms with Gasteiger partial charge in [-0.25, -0.2) is 0 Å². The van der Waals surface area contributed by atoms with Crippen molar-refractivity contribution in [1.82, 2.24) is 0 Å². The van der Waals surface area contributed by atoms with Gasteiger partial charge < -0.3 is 0 Å². The zero-order valence-electron chi connectivity index (χ0n) is 16.4. The summed E-state index contributed by atoms with van der Waals surface area (Å²) >= 11 is 3.36. The first-order valence-corrected chi connectivity index (χ1v) is 13.1. The van der Waals surface area contributed by atoms with Crippen molar-refractivity contribution in [2.45, 2.75) is 32.1 Å². The zero-order chi connectivity index (χ0) is 19.5. The summed E-state index contributed by atoms with van der Waals surface area (Å²) in [6, 6.07) is 33.6. The molecule has 0 fully saturated rings. The van der Waals surface area contributed by atoms with Crippen molar-refractivity contribution >= 4 is 39.1 Å². The normalized spacial score (nSPS) is 11.8. The van der Waals surface area contributed by atoms with Gasteiger partial charge in [0.25, 0.3) is 0 Å². The van der Waals surface area contributed by atoms with Crippen LogP contribution in [0, 0.1) is 0 Å². The first kappa shape index (κ1) is 21.0. The first-order valence-electron chi connectivity index (χ1n) is 10.2. The third-order valence-electron chi connectivity index (χ3n) is 5.29. The van der Waals surface area contributed by atoms with Crippen molar-refractivity contribution < 1.29 is 0 Å². The standard InChI is InChI=1S/C26H29BrP/c27-22-14-3-1-2-4-15-23-28(24-16-8-5-9-17-24,25-18-10-6-11-19-25)26-20-12-7-13-21-26/h5-14,16-22H,1-4,15,23H2/q+1. The van der Waals surface area contributed by atoms with Gasteiger partial charge >= 0.3 is 0 Å². The minimum Gasteiger partial charge on any atom is -0.0776 e. The number of unbranched alkanes of at least 4 members (excludes halogenated alkanes) is 4. The fourth-order valence-corrected chi connectivity index (χ4v) is 8.58. The molecule has 0 radical (unpaired) electrons. The second-order valence-corrected chi connectivity index (χ2v) is 11.2. The predicted molar refractivity (Wildman–Crippen MR) is 131 cm³/mol. The van der Waals surface area contributed by atoms with Gasteiger partial charge in [-0.05, 0) is 67.1 Å². The molecule has 0 aliphatic heterocycles. The highest BCUT2D eigenvalue weighted by atomic mass is 79.9. The maximum Gasteiger partial charge on any atom is 0.112 e. The Morgan fingerprint density at radius 1 is 0.571 bits per heavy atom. The maximum absolute atomic E-state index is 3.36. The summed E-state index contributed by atoms with van der Waals surface area (Å²) in [5.41, 5.74) is 0. The molecule has 0 amide bonds. The molecule has 0 aliphatic carbocycles. The van der Waals surface area contributed by atoms with Crippen molar-refractivity contribution in [3.05, 3.63) is 102 Å². The molecule has 0 unspecified atom stereocenters. The van der Waals surface area contributed by atoms with Crippen LogP contribution in [-0.4, -0.2) is 6.16 Å². The minimum atomic E-state index is -1.64. The third-order valence-corrected chi connectivity index (χ3v) is 10.2.